The molecule has 0 unspecified atom stereocenters. The van der Waals surface area contributed by atoms with E-state index in [9.17, 15) is 24.8 Å². The smallest absolute Gasteiger partial charge is 0.269 e. The van der Waals surface area contributed by atoms with Gasteiger partial charge in [0.05, 0.1) is 31.0 Å². The van der Waals surface area contributed by atoms with Crippen LogP contribution in [0, 0.1) is 10.1 Å². The van der Waals surface area contributed by atoms with Gasteiger partial charge in [-0.1, -0.05) is 12.1 Å². The normalized spacial score (nSPS) is 13.5. The second-order valence-electron chi connectivity index (χ2n) is 7.18. The molecule has 2 aromatic carbocycles. The highest BCUT2D eigenvalue weighted by Gasteiger charge is 2.24. The third-order valence-corrected chi connectivity index (χ3v) is 5.06. The average Bonchev–Trinajstić information content (AvgIpc) is 2.80. The molecule has 0 aliphatic carbocycles. The van der Waals surface area contributed by atoms with Crippen LogP contribution >= 0.6 is 0 Å². The summed E-state index contributed by atoms with van der Waals surface area (Å²) in [7, 11) is 0. The summed E-state index contributed by atoms with van der Waals surface area (Å²) in [5.41, 5.74) is -0.0226. The molecule has 10 heteroatoms. The standard InChI is InChI=1S/C22H25N3O7/c26-19-3-1-2-4-20(19)32-16-10-22(28)24-13-11-23(12-14-24)21(27)9-15-31-18-7-5-17(6-8-18)25(29)30/h1-8,26H,9-16H2. The Balaban J connectivity index is 1.33. The summed E-state index contributed by atoms with van der Waals surface area (Å²) in [6.07, 6.45) is 0.366. The van der Waals surface area contributed by atoms with Gasteiger partial charge in [-0.25, -0.2) is 0 Å². The Morgan fingerprint density at radius 2 is 1.41 bits per heavy atom. The molecule has 0 aromatic heterocycles. The van der Waals surface area contributed by atoms with Crippen molar-refractivity contribution in [2.45, 2.75) is 12.8 Å². The molecule has 32 heavy (non-hydrogen) atoms. The molecule has 0 saturated carbocycles. The number of rotatable bonds is 9. The first-order valence-corrected chi connectivity index (χ1v) is 10.3. The van der Waals surface area contributed by atoms with Gasteiger partial charge in [-0.2, -0.15) is 0 Å². The summed E-state index contributed by atoms with van der Waals surface area (Å²) in [5.74, 6) is 0.706. The number of nitro benzene ring substituents is 1. The first-order valence-electron chi connectivity index (χ1n) is 10.3. The number of nitro groups is 1. The van der Waals surface area contributed by atoms with Gasteiger partial charge in [0.1, 0.15) is 5.75 Å². The van der Waals surface area contributed by atoms with Crippen molar-refractivity contribution in [1.82, 2.24) is 9.80 Å². The van der Waals surface area contributed by atoms with E-state index in [0.29, 0.717) is 37.7 Å². The van der Waals surface area contributed by atoms with Crippen LogP contribution in [-0.2, 0) is 9.59 Å². The summed E-state index contributed by atoms with van der Waals surface area (Å²) < 4.78 is 10.9. The number of aromatic hydroxyl groups is 1. The van der Waals surface area contributed by atoms with E-state index in [2.05, 4.69) is 0 Å². The van der Waals surface area contributed by atoms with Crippen molar-refractivity contribution in [2.24, 2.45) is 0 Å². The predicted octanol–water partition coefficient (Wildman–Crippen LogP) is 2.21. The van der Waals surface area contributed by atoms with Crippen LogP contribution < -0.4 is 9.47 Å². The van der Waals surface area contributed by atoms with Gasteiger partial charge in [-0.05, 0) is 24.3 Å². The van der Waals surface area contributed by atoms with Crippen LogP contribution in [0.15, 0.2) is 48.5 Å². The van der Waals surface area contributed by atoms with E-state index >= 15 is 0 Å². The number of piperazine rings is 1. The van der Waals surface area contributed by atoms with E-state index in [0.717, 1.165) is 0 Å². The summed E-state index contributed by atoms with van der Waals surface area (Å²) in [5, 5.41) is 20.3. The van der Waals surface area contributed by atoms with Gasteiger partial charge in [0.15, 0.2) is 11.5 Å². The molecular formula is C22H25N3O7. The topological polar surface area (TPSA) is 122 Å². The van der Waals surface area contributed by atoms with Crippen molar-refractivity contribution >= 4 is 17.5 Å². The molecule has 0 bridgehead atoms. The lowest BCUT2D eigenvalue weighted by Crippen LogP contribution is -2.51. The Bertz CT molecular complexity index is 941. The molecule has 1 saturated heterocycles. The van der Waals surface area contributed by atoms with Crippen LogP contribution in [0.25, 0.3) is 0 Å². The number of amides is 2. The maximum absolute atomic E-state index is 12.4. The molecule has 2 amide bonds. The van der Waals surface area contributed by atoms with E-state index in [1.165, 1.54) is 30.3 Å². The lowest BCUT2D eigenvalue weighted by molar-refractivity contribution is -0.384. The number of hydrogen-bond acceptors (Lipinski definition) is 7. The number of hydrogen-bond donors (Lipinski definition) is 1. The third kappa shape index (κ3) is 6.34. The van der Waals surface area contributed by atoms with Gasteiger partial charge in [-0.15, -0.1) is 0 Å². The SMILES string of the molecule is O=C(CCOc1ccc([N+](=O)[O-])cc1)N1CCN(C(=O)CCOc2ccccc2O)CC1. The van der Waals surface area contributed by atoms with Crippen LogP contribution in [-0.4, -0.2) is 71.0 Å². The van der Waals surface area contributed by atoms with Gasteiger partial charge in [0.25, 0.3) is 5.69 Å². The zero-order valence-corrected chi connectivity index (χ0v) is 17.5. The summed E-state index contributed by atoms with van der Waals surface area (Å²) >= 11 is 0. The fourth-order valence-electron chi connectivity index (χ4n) is 3.27. The maximum Gasteiger partial charge on any atom is 0.269 e. The van der Waals surface area contributed by atoms with Gasteiger partial charge in [-0.3, -0.25) is 19.7 Å². The Labute approximate surface area is 185 Å². The Hall–Kier alpha value is -3.82. The minimum absolute atomic E-state index is 0.0226. The van der Waals surface area contributed by atoms with Crippen LogP contribution in [0.1, 0.15) is 12.8 Å². The van der Waals surface area contributed by atoms with E-state index in [1.807, 2.05) is 0 Å². The first-order chi connectivity index (χ1) is 15.4. The van der Waals surface area contributed by atoms with E-state index in [1.54, 1.807) is 28.0 Å². The predicted molar refractivity (Wildman–Crippen MR) is 115 cm³/mol. The minimum Gasteiger partial charge on any atom is -0.504 e. The number of carbonyl (C=O) groups is 2. The Morgan fingerprint density at radius 3 is 1.94 bits per heavy atom. The number of phenols is 1. The number of benzene rings is 2. The molecule has 2 aromatic rings. The summed E-state index contributed by atoms with van der Waals surface area (Å²) in [6, 6.07) is 12.3. The third-order valence-electron chi connectivity index (χ3n) is 5.06. The number of ether oxygens (including phenoxy) is 2. The number of nitrogens with zero attached hydrogens (tertiary/aromatic N) is 3. The molecule has 1 aliphatic heterocycles. The van der Waals surface area contributed by atoms with Crippen LogP contribution in [0.5, 0.6) is 17.2 Å². The molecule has 0 atom stereocenters. The molecule has 0 spiro atoms. The first kappa shape index (κ1) is 22.9. The van der Waals surface area contributed by atoms with Gasteiger partial charge >= 0.3 is 0 Å². The highest BCUT2D eigenvalue weighted by molar-refractivity contribution is 5.78. The number of para-hydroxylation sites is 2. The summed E-state index contributed by atoms with van der Waals surface area (Å²) in [4.78, 5) is 38.3. The van der Waals surface area contributed by atoms with Crippen LogP contribution in [0.4, 0.5) is 5.69 Å². The molecule has 1 N–H and O–H groups in total. The second kappa shape index (κ2) is 11.0. The van der Waals surface area contributed by atoms with Gasteiger partial charge in [0, 0.05) is 38.3 Å². The monoisotopic (exact) mass is 443 g/mol. The lowest BCUT2D eigenvalue weighted by atomic mass is 10.2. The number of non-ortho nitro benzene ring substituents is 1. The zero-order valence-electron chi connectivity index (χ0n) is 17.5. The van der Waals surface area contributed by atoms with E-state index in [4.69, 9.17) is 9.47 Å². The minimum atomic E-state index is -0.487. The van der Waals surface area contributed by atoms with Crippen LogP contribution in [0.2, 0.25) is 0 Å². The van der Waals surface area contributed by atoms with Gasteiger partial charge < -0.3 is 24.4 Å². The fraction of sp³-hybridized carbons (Fsp3) is 0.364. The quantitative estimate of drug-likeness (QED) is 0.466. The van der Waals surface area contributed by atoms with Gasteiger partial charge in [0.2, 0.25) is 11.8 Å². The van der Waals surface area contributed by atoms with Crippen LogP contribution in [0.3, 0.4) is 0 Å². The highest BCUT2D eigenvalue weighted by Crippen LogP contribution is 2.24. The van der Waals surface area contributed by atoms with Crippen molar-refractivity contribution < 1.29 is 29.1 Å². The number of carbonyl (C=O) groups excluding carboxylic acids is 2. The molecule has 1 heterocycles. The highest BCUT2D eigenvalue weighted by atomic mass is 16.6. The van der Waals surface area contributed by atoms with Crippen molar-refractivity contribution in [3.63, 3.8) is 0 Å². The second-order valence-corrected chi connectivity index (χ2v) is 7.18. The average molecular weight is 443 g/mol. The molecule has 10 nitrogen and oxygen atoms in total. The van der Waals surface area contributed by atoms with Crippen molar-refractivity contribution in [3.8, 4) is 17.2 Å². The Kier molecular flexibility index (Phi) is 7.85. The number of phenolic OH excluding ortho intramolecular Hbond substituents is 1. The molecule has 170 valence electrons. The molecule has 3 rings (SSSR count). The maximum atomic E-state index is 12.4. The molecular weight excluding hydrogens is 418 g/mol. The molecule has 1 fully saturated rings. The molecule has 0 radical (unpaired) electrons. The van der Waals surface area contributed by atoms with Crippen molar-refractivity contribution in [3.05, 3.63) is 58.6 Å². The summed E-state index contributed by atoms with van der Waals surface area (Å²) in [6.45, 7) is 2.12. The Morgan fingerprint density at radius 1 is 0.875 bits per heavy atom. The lowest BCUT2D eigenvalue weighted by Gasteiger charge is -2.35. The largest absolute Gasteiger partial charge is 0.504 e. The zero-order chi connectivity index (χ0) is 22.9. The fourth-order valence-corrected chi connectivity index (χ4v) is 3.27. The van der Waals surface area contributed by atoms with Crippen molar-refractivity contribution in [2.75, 3.05) is 39.4 Å². The van der Waals surface area contributed by atoms with E-state index in [-0.39, 0.29) is 49.3 Å². The van der Waals surface area contributed by atoms with Crippen molar-refractivity contribution in [1.29, 1.82) is 0 Å². The van der Waals surface area contributed by atoms with E-state index < -0.39 is 4.92 Å². The molecule has 1 aliphatic rings.